The minimum absolute atomic E-state index is 0.137. The molecule has 1 aromatic carbocycles. The predicted octanol–water partition coefficient (Wildman–Crippen LogP) is 3.68. The van der Waals surface area contributed by atoms with Gasteiger partial charge in [0.25, 0.3) is 0 Å². The van der Waals surface area contributed by atoms with Crippen LogP contribution in [0.15, 0.2) is 61.1 Å². The minimum atomic E-state index is -0.814. The van der Waals surface area contributed by atoms with E-state index >= 15 is 0 Å². The summed E-state index contributed by atoms with van der Waals surface area (Å²) in [7, 11) is 0. The van der Waals surface area contributed by atoms with Crippen molar-refractivity contribution in [1.29, 1.82) is 0 Å². The first-order valence-corrected chi connectivity index (χ1v) is 8.40. The summed E-state index contributed by atoms with van der Waals surface area (Å²) in [5.74, 6) is 4.66. The van der Waals surface area contributed by atoms with E-state index < -0.39 is 30.0 Å². The van der Waals surface area contributed by atoms with Gasteiger partial charge in [-0.1, -0.05) is 24.0 Å². The SMILES string of the molecule is O=C1N[C@H](c2cc(C#Cc3cccnc3)cnc2F)[C@@H](c2ccc(F)cc2)O1. The first-order chi connectivity index (χ1) is 13.6. The number of nitrogens with one attached hydrogen (secondary N) is 1. The number of carbonyl (C=O) groups excluding carboxylic acids is 1. The average Bonchev–Trinajstić information content (AvgIpc) is 3.10. The highest BCUT2D eigenvalue weighted by molar-refractivity contribution is 5.71. The molecule has 7 heteroatoms. The molecule has 3 heterocycles. The van der Waals surface area contributed by atoms with Crippen LogP contribution in [0.25, 0.3) is 0 Å². The Morgan fingerprint density at radius 3 is 2.57 bits per heavy atom. The van der Waals surface area contributed by atoms with Crippen molar-refractivity contribution in [2.45, 2.75) is 12.1 Å². The van der Waals surface area contributed by atoms with E-state index in [9.17, 15) is 13.6 Å². The van der Waals surface area contributed by atoms with E-state index in [0.717, 1.165) is 0 Å². The number of halogens is 2. The zero-order chi connectivity index (χ0) is 19.5. The van der Waals surface area contributed by atoms with E-state index in [2.05, 4.69) is 27.1 Å². The van der Waals surface area contributed by atoms with Gasteiger partial charge in [-0.3, -0.25) is 4.98 Å². The Bertz CT molecular complexity index is 1080. The molecule has 0 spiro atoms. The van der Waals surface area contributed by atoms with Crippen LogP contribution in [0.3, 0.4) is 0 Å². The summed E-state index contributed by atoms with van der Waals surface area (Å²) in [5.41, 5.74) is 1.85. The fourth-order valence-electron chi connectivity index (χ4n) is 2.91. The molecule has 1 N–H and O–H groups in total. The van der Waals surface area contributed by atoms with E-state index in [1.807, 2.05) is 0 Å². The number of amides is 1. The molecule has 0 bridgehead atoms. The molecule has 1 aliphatic heterocycles. The van der Waals surface area contributed by atoms with Crippen molar-refractivity contribution in [2.24, 2.45) is 0 Å². The molecule has 138 valence electrons. The van der Waals surface area contributed by atoms with Crippen molar-refractivity contribution in [1.82, 2.24) is 15.3 Å². The van der Waals surface area contributed by atoms with Crippen LogP contribution in [0.2, 0.25) is 0 Å². The van der Waals surface area contributed by atoms with Crippen molar-refractivity contribution in [3.05, 3.63) is 95.1 Å². The highest BCUT2D eigenvalue weighted by Crippen LogP contribution is 2.37. The van der Waals surface area contributed by atoms with Crippen LogP contribution in [0, 0.1) is 23.6 Å². The summed E-state index contributed by atoms with van der Waals surface area (Å²) in [5, 5.41) is 2.58. The number of pyridine rings is 2. The Kier molecular flexibility index (Phi) is 4.68. The molecule has 1 saturated heterocycles. The van der Waals surface area contributed by atoms with Crippen molar-refractivity contribution >= 4 is 6.09 Å². The highest BCUT2D eigenvalue weighted by atomic mass is 19.1. The van der Waals surface area contributed by atoms with Crippen LogP contribution in [-0.2, 0) is 4.74 Å². The van der Waals surface area contributed by atoms with Crippen LogP contribution < -0.4 is 5.32 Å². The van der Waals surface area contributed by atoms with Crippen molar-refractivity contribution in [3.8, 4) is 11.8 Å². The Morgan fingerprint density at radius 1 is 1.04 bits per heavy atom. The Balaban J connectivity index is 1.68. The second-order valence-electron chi connectivity index (χ2n) is 6.10. The summed E-state index contributed by atoms with van der Waals surface area (Å²) >= 11 is 0. The molecule has 2 atom stereocenters. The molecule has 1 aliphatic rings. The van der Waals surface area contributed by atoms with Gasteiger partial charge in [0.1, 0.15) is 11.9 Å². The van der Waals surface area contributed by atoms with Gasteiger partial charge in [-0.15, -0.1) is 0 Å². The fourth-order valence-corrected chi connectivity index (χ4v) is 2.91. The van der Waals surface area contributed by atoms with Crippen LogP contribution in [0.1, 0.15) is 34.4 Å². The van der Waals surface area contributed by atoms with E-state index in [0.29, 0.717) is 16.7 Å². The standard InChI is InChI=1S/C21H13F2N3O2/c22-16-7-5-15(6-8-16)19-18(26-21(27)28-19)17-10-14(12-25-20(17)23)4-3-13-2-1-9-24-11-13/h1-2,5-12,18-19H,(H,26,27)/t18-,19-/m1/s1. The van der Waals surface area contributed by atoms with Crippen LogP contribution >= 0.6 is 0 Å². The van der Waals surface area contributed by atoms with Gasteiger partial charge in [0.15, 0.2) is 6.10 Å². The molecule has 2 aromatic heterocycles. The lowest BCUT2D eigenvalue weighted by Crippen LogP contribution is -2.21. The largest absolute Gasteiger partial charge is 0.439 e. The second kappa shape index (κ2) is 7.45. The number of alkyl carbamates (subject to hydrolysis) is 1. The lowest BCUT2D eigenvalue weighted by atomic mass is 9.96. The summed E-state index contributed by atoms with van der Waals surface area (Å²) in [6.45, 7) is 0. The second-order valence-corrected chi connectivity index (χ2v) is 6.10. The quantitative estimate of drug-likeness (QED) is 0.547. The van der Waals surface area contributed by atoms with Gasteiger partial charge in [0.2, 0.25) is 5.95 Å². The molecule has 0 aliphatic carbocycles. The number of rotatable bonds is 2. The van der Waals surface area contributed by atoms with Crippen LogP contribution in [-0.4, -0.2) is 16.1 Å². The van der Waals surface area contributed by atoms with Gasteiger partial charge in [-0.05, 0) is 35.9 Å². The van der Waals surface area contributed by atoms with Crippen LogP contribution in [0.4, 0.5) is 13.6 Å². The Labute approximate surface area is 159 Å². The van der Waals surface area contributed by atoms with Gasteiger partial charge < -0.3 is 10.1 Å². The molecular formula is C21H13F2N3O2. The lowest BCUT2D eigenvalue weighted by Gasteiger charge is -2.18. The normalized spacial score (nSPS) is 18.0. The monoisotopic (exact) mass is 377 g/mol. The van der Waals surface area contributed by atoms with E-state index in [1.165, 1.54) is 36.5 Å². The first-order valence-electron chi connectivity index (χ1n) is 8.40. The van der Waals surface area contributed by atoms with Crippen molar-refractivity contribution < 1.29 is 18.3 Å². The maximum absolute atomic E-state index is 14.4. The Hall–Kier alpha value is -3.79. The number of aromatic nitrogens is 2. The molecule has 4 rings (SSSR count). The minimum Gasteiger partial charge on any atom is -0.439 e. The maximum Gasteiger partial charge on any atom is 0.408 e. The molecule has 3 aromatic rings. The molecule has 1 amide bonds. The van der Waals surface area contributed by atoms with Crippen molar-refractivity contribution in [2.75, 3.05) is 0 Å². The van der Waals surface area contributed by atoms with E-state index in [4.69, 9.17) is 4.74 Å². The number of benzene rings is 1. The number of cyclic esters (lactones) is 1. The third kappa shape index (κ3) is 3.67. The smallest absolute Gasteiger partial charge is 0.408 e. The highest BCUT2D eigenvalue weighted by Gasteiger charge is 2.38. The molecule has 28 heavy (non-hydrogen) atoms. The first kappa shape index (κ1) is 17.6. The molecule has 0 unspecified atom stereocenters. The number of ether oxygens (including phenoxy) is 1. The summed E-state index contributed by atoms with van der Waals surface area (Å²) in [4.78, 5) is 19.5. The molecule has 0 saturated carbocycles. The number of hydrogen-bond acceptors (Lipinski definition) is 4. The Morgan fingerprint density at radius 2 is 1.82 bits per heavy atom. The molecule has 5 nitrogen and oxygen atoms in total. The molecule has 1 fully saturated rings. The zero-order valence-electron chi connectivity index (χ0n) is 14.4. The number of nitrogens with zero attached hydrogens (tertiary/aromatic N) is 2. The van der Waals surface area contributed by atoms with Crippen molar-refractivity contribution in [3.63, 3.8) is 0 Å². The van der Waals surface area contributed by atoms with Gasteiger partial charge in [-0.2, -0.15) is 4.39 Å². The molecule has 0 radical (unpaired) electrons. The van der Waals surface area contributed by atoms with Gasteiger partial charge >= 0.3 is 6.09 Å². The van der Waals surface area contributed by atoms with Crippen LogP contribution in [0.5, 0.6) is 0 Å². The third-order valence-corrected chi connectivity index (χ3v) is 4.22. The summed E-state index contributed by atoms with van der Waals surface area (Å²) in [6.07, 6.45) is 3.06. The van der Waals surface area contributed by atoms with E-state index in [1.54, 1.807) is 24.5 Å². The maximum atomic E-state index is 14.4. The van der Waals surface area contributed by atoms with Gasteiger partial charge in [-0.25, -0.2) is 14.2 Å². The lowest BCUT2D eigenvalue weighted by molar-refractivity contribution is 0.131. The number of carbonyl (C=O) groups is 1. The van der Waals surface area contributed by atoms with Gasteiger partial charge in [0.05, 0.1) is 0 Å². The number of hydrogen-bond donors (Lipinski definition) is 1. The third-order valence-electron chi connectivity index (χ3n) is 4.22. The zero-order valence-corrected chi connectivity index (χ0v) is 14.4. The summed E-state index contributed by atoms with van der Waals surface area (Å²) < 4.78 is 32.9. The predicted molar refractivity (Wildman–Crippen MR) is 95.9 cm³/mol. The fraction of sp³-hybridized carbons (Fsp3) is 0.0952. The van der Waals surface area contributed by atoms with E-state index in [-0.39, 0.29) is 5.56 Å². The van der Waals surface area contributed by atoms with Gasteiger partial charge in [0, 0.05) is 35.3 Å². The summed E-state index contributed by atoms with van der Waals surface area (Å²) in [6, 6.07) is 9.75. The topological polar surface area (TPSA) is 64.1 Å². The molecular weight excluding hydrogens is 364 g/mol. The average molecular weight is 377 g/mol.